The molecule has 0 bridgehead atoms. The molecule has 1 heterocycles. The van der Waals surface area contributed by atoms with Crippen molar-refractivity contribution in [3.8, 4) is 0 Å². The summed E-state index contributed by atoms with van der Waals surface area (Å²) in [4.78, 5) is 28.0. The van der Waals surface area contributed by atoms with Crippen molar-refractivity contribution < 1.29 is 42.8 Å². The van der Waals surface area contributed by atoms with Gasteiger partial charge in [-0.15, -0.1) is 0 Å². The summed E-state index contributed by atoms with van der Waals surface area (Å²) in [6.07, 6.45) is 0.228. The van der Waals surface area contributed by atoms with E-state index in [9.17, 15) is 9.59 Å². The van der Waals surface area contributed by atoms with Crippen LogP contribution in [0.15, 0.2) is 65.9 Å². The standard InChI is InChI=1S/C25H30ClN2O3.HI/c1-18-24(25(30)31-17-19-8-6-5-7-9-19)22(20-10-12-21(26)13-11-20)16-23(29)27(18)14-15-28(2,3)4;/h5-13,22H,14-17H2,1-4H3;1H/q+1;/p-1. The van der Waals surface area contributed by atoms with Crippen molar-refractivity contribution in [1.29, 1.82) is 0 Å². The van der Waals surface area contributed by atoms with Gasteiger partial charge in [0, 0.05) is 23.1 Å². The minimum atomic E-state index is -0.385. The molecule has 0 radical (unpaired) electrons. The van der Waals surface area contributed by atoms with Gasteiger partial charge < -0.3 is 38.1 Å². The number of hydrogen-bond donors (Lipinski definition) is 0. The number of rotatable bonds is 7. The lowest BCUT2D eigenvalue weighted by Crippen LogP contribution is -3.00. The molecule has 5 nitrogen and oxygen atoms in total. The molecule has 1 aliphatic heterocycles. The topological polar surface area (TPSA) is 46.6 Å². The molecule has 0 spiro atoms. The first-order chi connectivity index (χ1) is 14.7. The zero-order valence-electron chi connectivity index (χ0n) is 19.0. The third-order valence-electron chi connectivity index (χ3n) is 5.52. The molecule has 0 aromatic heterocycles. The van der Waals surface area contributed by atoms with E-state index in [4.69, 9.17) is 16.3 Å². The Kier molecular flexibility index (Phi) is 9.30. The second kappa shape index (κ2) is 11.3. The summed E-state index contributed by atoms with van der Waals surface area (Å²) < 4.78 is 6.41. The Morgan fingerprint density at radius 2 is 1.72 bits per heavy atom. The SMILES string of the molecule is CC1=C(C(=O)OCc2ccccc2)C(c2ccc(Cl)cc2)CC(=O)N1CC[N+](C)(C)C.[I-]. The maximum Gasteiger partial charge on any atom is 0.336 e. The third kappa shape index (κ3) is 6.80. The molecule has 3 rings (SSSR count). The van der Waals surface area contributed by atoms with Crippen molar-refractivity contribution in [2.24, 2.45) is 0 Å². The molecule has 2 aromatic rings. The summed E-state index contributed by atoms with van der Waals surface area (Å²) in [6, 6.07) is 16.9. The van der Waals surface area contributed by atoms with Gasteiger partial charge in [0.1, 0.15) is 6.61 Å². The number of carbonyl (C=O) groups is 2. The number of allylic oxidation sites excluding steroid dienone is 1. The quantitative estimate of drug-likeness (QED) is 0.288. The van der Waals surface area contributed by atoms with Crippen LogP contribution < -0.4 is 24.0 Å². The predicted octanol–water partition coefficient (Wildman–Crippen LogP) is 1.38. The van der Waals surface area contributed by atoms with Crippen LogP contribution in [-0.4, -0.2) is 55.5 Å². The number of benzene rings is 2. The molecule has 0 N–H and O–H groups in total. The Labute approximate surface area is 212 Å². The monoisotopic (exact) mass is 568 g/mol. The molecule has 0 saturated carbocycles. The Hall–Kier alpha value is -1.90. The van der Waals surface area contributed by atoms with Gasteiger partial charge in [0.15, 0.2) is 0 Å². The predicted molar refractivity (Wildman–Crippen MR) is 122 cm³/mol. The van der Waals surface area contributed by atoms with Crippen molar-refractivity contribution >= 4 is 23.5 Å². The summed E-state index contributed by atoms with van der Waals surface area (Å²) in [5.41, 5.74) is 3.02. The zero-order chi connectivity index (χ0) is 22.6. The van der Waals surface area contributed by atoms with Crippen LogP contribution >= 0.6 is 11.6 Å². The Morgan fingerprint density at radius 3 is 2.31 bits per heavy atom. The molecule has 32 heavy (non-hydrogen) atoms. The van der Waals surface area contributed by atoms with Crippen LogP contribution in [0.2, 0.25) is 5.02 Å². The summed E-state index contributed by atoms with van der Waals surface area (Å²) in [5, 5.41) is 0.615. The lowest BCUT2D eigenvalue weighted by molar-refractivity contribution is -0.869. The fourth-order valence-corrected chi connectivity index (χ4v) is 3.86. The van der Waals surface area contributed by atoms with Gasteiger partial charge in [0.05, 0.1) is 39.8 Å². The Balaban J connectivity index is 0.00000363. The van der Waals surface area contributed by atoms with Gasteiger partial charge in [-0.25, -0.2) is 4.79 Å². The fourth-order valence-electron chi connectivity index (χ4n) is 3.73. The van der Waals surface area contributed by atoms with Crippen molar-refractivity contribution in [3.05, 3.63) is 82.0 Å². The average Bonchev–Trinajstić information content (AvgIpc) is 2.72. The molecule has 7 heteroatoms. The van der Waals surface area contributed by atoms with Crippen molar-refractivity contribution in [2.75, 3.05) is 34.2 Å². The van der Waals surface area contributed by atoms with E-state index in [1.54, 1.807) is 17.0 Å². The van der Waals surface area contributed by atoms with Crippen LogP contribution in [0.5, 0.6) is 0 Å². The third-order valence-corrected chi connectivity index (χ3v) is 5.77. The van der Waals surface area contributed by atoms with E-state index >= 15 is 0 Å². The van der Waals surface area contributed by atoms with Crippen LogP contribution in [0.4, 0.5) is 0 Å². The second-order valence-electron chi connectivity index (χ2n) is 8.93. The first-order valence-corrected chi connectivity index (χ1v) is 10.8. The zero-order valence-corrected chi connectivity index (χ0v) is 21.9. The lowest BCUT2D eigenvalue weighted by atomic mass is 9.83. The molecular formula is C25H30ClIN2O3. The van der Waals surface area contributed by atoms with Crippen molar-refractivity contribution in [3.63, 3.8) is 0 Å². The van der Waals surface area contributed by atoms with E-state index in [-0.39, 0.29) is 54.8 Å². The molecule has 0 saturated heterocycles. The van der Waals surface area contributed by atoms with E-state index < -0.39 is 0 Å². The van der Waals surface area contributed by atoms with Gasteiger partial charge in [0.25, 0.3) is 0 Å². The van der Waals surface area contributed by atoms with E-state index in [0.29, 0.717) is 22.8 Å². The second-order valence-corrected chi connectivity index (χ2v) is 9.36. The summed E-state index contributed by atoms with van der Waals surface area (Å²) in [7, 11) is 6.25. The maximum absolute atomic E-state index is 13.2. The van der Waals surface area contributed by atoms with Crippen LogP contribution in [0.1, 0.15) is 30.4 Å². The highest BCUT2D eigenvalue weighted by molar-refractivity contribution is 6.30. The molecule has 1 unspecified atom stereocenters. The number of likely N-dealkylation sites (N-methyl/N-ethyl adjacent to an activating group) is 1. The summed E-state index contributed by atoms with van der Waals surface area (Å²) in [6.45, 7) is 3.36. The highest BCUT2D eigenvalue weighted by Gasteiger charge is 2.37. The molecule has 1 atom stereocenters. The summed E-state index contributed by atoms with van der Waals surface area (Å²) in [5.74, 6) is -0.719. The highest BCUT2D eigenvalue weighted by Crippen LogP contribution is 2.37. The van der Waals surface area contributed by atoms with Crippen molar-refractivity contribution in [2.45, 2.75) is 25.9 Å². The number of quaternary nitrogens is 1. The smallest absolute Gasteiger partial charge is 0.336 e. The maximum atomic E-state index is 13.2. The van der Waals surface area contributed by atoms with Gasteiger partial charge in [-0.3, -0.25) is 4.79 Å². The average molecular weight is 569 g/mol. The van der Waals surface area contributed by atoms with Crippen molar-refractivity contribution in [1.82, 2.24) is 4.90 Å². The number of halogens is 2. The van der Waals surface area contributed by atoms with Crippen LogP contribution in [0, 0.1) is 0 Å². The number of hydrogen-bond acceptors (Lipinski definition) is 3. The Morgan fingerprint density at radius 1 is 1.09 bits per heavy atom. The van der Waals surface area contributed by atoms with Gasteiger partial charge in [-0.2, -0.15) is 0 Å². The van der Waals surface area contributed by atoms with Gasteiger partial charge >= 0.3 is 5.97 Å². The number of nitrogens with zero attached hydrogens (tertiary/aromatic N) is 2. The molecular weight excluding hydrogens is 539 g/mol. The Bertz CT molecular complexity index is 969. The first kappa shape index (κ1) is 26.4. The van der Waals surface area contributed by atoms with E-state index in [1.165, 1.54) is 0 Å². The number of carbonyl (C=O) groups excluding carboxylic acids is 2. The first-order valence-electron chi connectivity index (χ1n) is 10.4. The molecule has 0 aliphatic carbocycles. The minimum Gasteiger partial charge on any atom is -1.00 e. The highest BCUT2D eigenvalue weighted by atomic mass is 127. The van der Waals surface area contributed by atoms with Gasteiger partial charge in [-0.1, -0.05) is 54.1 Å². The number of esters is 1. The van der Waals surface area contributed by atoms with Crippen LogP contribution in [0.25, 0.3) is 0 Å². The number of ether oxygens (including phenoxy) is 1. The molecule has 0 fully saturated rings. The van der Waals surface area contributed by atoms with Crippen LogP contribution in [0.3, 0.4) is 0 Å². The van der Waals surface area contributed by atoms with Crippen LogP contribution in [-0.2, 0) is 20.9 Å². The lowest BCUT2D eigenvalue weighted by Gasteiger charge is -2.36. The van der Waals surface area contributed by atoms with E-state index in [2.05, 4.69) is 21.1 Å². The largest absolute Gasteiger partial charge is 1.00 e. The molecule has 1 amide bonds. The van der Waals surface area contributed by atoms with E-state index in [1.807, 2.05) is 49.4 Å². The van der Waals surface area contributed by atoms with E-state index in [0.717, 1.165) is 22.2 Å². The fraction of sp³-hybridized carbons (Fsp3) is 0.360. The number of amides is 1. The minimum absolute atomic E-state index is 0. The molecule has 1 aliphatic rings. The van der Waals surface area contributed by atoms with Gasteiger partial charge in [-0.05, 0) is 30.2 Å². The normalized spacial score (nSPS) is 16.6. The molecule has 172 valence electrons. The molecule has 2 aromatic carbocycles. The van der Waals surface area contributed by atoms with Gasteiger partial charge in [0.2, 0.25) is 5.91 Å². The summed E-state index contributed by atoms with van der Waals surface area (Å²) >= 11 is 6.05.